The third-order valence-corrected chi connectivity index (χ3v) is 4.68. The van der Waals surface area contributed by atoms with Crippen LogP contribution in [0.3, 0.4) is 0 Å². The van der Waals surface area contributed by atoms with Crippen LogP contribution in [0.1, 0.15) is 57.1 Å². The molecule has 1 aliphatic rings. The quantitative estimate of drug-likeness (QED) is 0.808. The number of carbonyl (C=O) groups is 2. The topological polar surface area (TPSA) is 79.3 Å². The summed E-state index contributed by atoms with van der Waals surface area (Å²) in [6, 6.07) is 0. The van der Waals surface area contributed by atoms with Gasteiger partial charge < -0.3 is 10.4 Å². The van der Waals surface area contributed by atoms with Crippen LogP contribution in [-0.4, -0.2) is 22.0 Å². The predicted molar refractivity (Wildman–Crippen MR) is 82.5 cm³/mol. The Morgan fingerprint density at radius 2 is 2.10 bits per heavy atom. The van der Waals surface area contributed by atoms with E-state index in [4.69, 9.17) is 5.11 Å². The van der Waals surface area contributed by atoms with Crippen LogP contribution in [0, 0.1) is 5.92 Å². The fourth-order valence-electron chi connectivity index (χ4n) is 2.81. The Hall–Kier alpha value is -1.43. The maximum absolute atomic E-state index is 11.8. The molecule has 1 amide bonds. The van der Waals surface area contributed by atoms with Crippen molar-refractivity contribution >= 4 is 28.3 Å². The molecule has 0 aromatic carbocycles. The first-order valence-corrected chi connectivity index (χ1v) is 8.47. The van der Waals surface area contributed by atoms with Crippen molar-refractivity contribution in [3.63, 3.8) is 0 Å². The molecule has 2 N–H and O–H groups in total. The number of thiazole rings is 1. The largest absolute Gasteiger partial charge is 0.481 e. The van der Waals surface area contributed by atoms with Crippen LogP contribution in [-0.2, 0) is 16.0 Å². The molecule has 1 heterocycles. The second kappa shape index (κ2) is 8.12. The Morgan fingerprint density at radius 1 is 1.33 bits per heavy atom. The van der Waals surface area contributed by atoms with Gasteiger partial charge >= 0.3 is 5.97 Å². The Labute approximate surface area is 128 Å². The van der Waals surface area contributed by atoms with Crippen molar-refractivity contribution in [1.82, 2.24) is 4.98 Å². The fraction of sp³-hybridized carbons (Fsp3) is 0.667. The minimum Gasteiger partial charge on any atom is -0.481 e. The first-order chi connectivity index (χ1) is 10.1. The Bertz CT molecular complexity index is 481. The van der Waals surface area contributed by atoms with Gasteiger partial charge in [-0.25, -0.2) is 4.98 Å². The van der Waals surface area contributed by atoms with Gasteiger partial charge in [-0.05, 0) is 18.8 Å². The number of anilines is 1. The molecular weight excluding hydrogens is 288 g/mol. The summed E-state index contributed by atoms with van der Waals surface area (Å²) < 4.78 is 0. The number of aliphatic carboxylic acids is 1. The number of nitrogens with zero attached hydrogens (tertiary/aromatic N) is 1. The van der Waals surface area contributed by atoms with Crippen LogP contribution in [0.2, 0.25) is 0 Å². The zero-order chi connectivity index (χ0) is 15.1. The van der Waals surface area contributed by atoms with Crippen LogP contribution in [0.25, 0.3) is 0 Å². The van der Waals surface area contributed by atoms with E-state index in [1.165, 1.54) is 43.4 Å². The molecule has 1 aromatic rings. The molecule has 1 aromatic heterocycles. The summed E-state index contributed by atoms with van der Waals surface area (Å²) in [5, 5.41) is 13.6. The number of carbonyl (C=O) groups excluding carboxylic acids is 1. The average molecular weight is 310 g/mol. The van der Waals surface area contributed by atoms with E-state index >= 15 is 0 Å². The molecule has 0 aliphatic heterocycles. The van der Waals surface area contributed by atoms with Crippen molar-refractivity contribution in [3.8, 4) is 0 Å². The van der Waals surface area contributed by atoms with E-state index in [2.05, 4.69) is 10.3 Å². The number of hydrogen-bond donors (Lipinski definition) is 2. The van der Waals surface area contributed by atoms with Gasteiger partial charge in [-0.15, -0.1) is 11.3 Å². The van der Waals surface area contributed by atoms with E-state index in [9.17, 15) is 9.59 Å². The molecule has 0 spiro atoms. The van der Waals surface area contributed by atoms with Crippen LogP contribution < -0.4 is 5.32 Å². The van der Waals surface area contributed by atoms with Gasteiger partial charge in [-0.2, -0.15) is 0 Å². The lowest BCUT2D eigenvalue weighted by molar-refractivity contribution is -0.136. The highest BCUT2D eigenvalue weighted by Gasteiger charge is 2.14. The van der Waals surface area contributed by atoms with Crippen molar-refractivity contribution in [3.05, 3.63) is 11.1 Å². The summed E-state index contributed by atoms with van der Waals surface area (Å²) >= 11 is 1.27. The molecule has 116 valence electrons. The van der Waals surface area contributed by atoms with Gasteiger partial charge in [0.1, 0.15) is 0 Å². The van der Waals surface area contributed by atoms with E-state index in [-0.39, 0.29) is 12.3 Å². The Balaban J connectivity index is 1.66. The molecule has 1 fully saturated rings. The Kier molecular flexibility index (Phi) is 6.17. The number of carboxylic acids is 1. The molecule has 1 saturated carbocycles. The van der Waals surface area contributed by atoms with Crippen LogP contribution >= 0.6 is 11.3 Å². The number of hydrogen-bond acceptors (Lipinski definition) is 4. The minimum atomic E-state index is -0.911. The highest BCUT2D eigenvalue weighted by atomic mass is 32.1. The number of rotatable bonds is 7. The number of amides is 1. The van der Waals surface area contributed by atoms with Crippen molar-refractivity contribution < 1.29 is 14.7 Å². The molecule has 5 nitrogen and oxygen atoms in total. The van der Waals surface area contributed by atoms with Crippen molar-refractivity contribution in [2.24, 2.45) is 5.92 Å². The summed E-state index contributed by atoms with van der Waals surface area (Å²) in [5.41, 5.74) is 0.491. The SMILES string of the molecule is O=C(O)Cc1csc(NC(=O)CCCC2CCCCC2)n1. The first kappa shape index (κ1) is 15.9. The van der Waals surface area contributed by atoms with Crippen molar-refractivity contribution in [1.29, 1.82) is 0 Å². The van der Waals surface area contributed by atoms with Gasteiger partial charge in [0.05, 0.1) is 12.1 Å². The number of carboxylic acid groups (broad SMARTS) is 1. The monoisotopic (exact) mass is 310 g/mol. The van der Waals surface area contributed by atoms with E-state index < -0.39 is 5.97 Å². The normalized spacial score (nSPS) is 15.8. The van der Waals surface area contributed by atoms with Gasteiger partial charge in [0.25, 0.3) is 0 Å². The summed E-state index contributed by atoms with van der Waals surface area (Å²) in [6.07, 6.45) is 9.13. The third-order valence-electron chi connectivity index (χ3n) is 3.87. The Morgan fingerprint density at radius 3 is 2.81 bits per heavy atom. The fourth-order valence-corrected chi connectivity index (χ4v) is 3.54. The maximum Gasteiger partial charge on any atom is 0.309 e. The highest BCUT2D eigenvalue weighted by Crippen LogP contribution is 2.27. The molecule has 1 aliphatic carbocycles. The average Bonchev–Trinajstić information content (AvgIpc) is 2.86. The summed E-state index contributed by atoms with van der Waals surface area (Å²) in [6.45, 7) is 0. The zero-order valence-corrected chi connectivity index (χ0v) is 13.0. The molecule has 0 radical (unpaired) electrons. The lowest BCUT2D eigenvalue weighted by Crippen LogP contribution is -2.13. The van der Waals surface area contributed by atoms with Gasteiger partial charge in [-0.3, -0.25) is 9.59 Å². The second-order valence-electron chi connectivity index (χ2n) is 5.66. The van der Waals surface area contributed by atoms with Gasteiger partial charge in [-0.1, -0.05) is 32.1 Å². The van der Waals surface area contributed by atoms with Gasteiger partial charge in [0.15, 0.2) is 5.13 Å². The molecule has 2 rings (SSSR count). The molecule has 0 bridgehead atoms. The van der Waals surface area contributed by atoms with Crippen LogP contribution in [0.4, 0.5) is 5.13 Å². The summed E-state index contributed by atoms with van der Waals surface area (Å²) in [7, 11) is 0. The third kappa shape index (κ3) is 5.83. The number of nitrogens with one attached hydrogen (secondary N) is 1. The zero-order valence-electron chi connectivity index (χ0n) is 12.1. The lowest BCUT2D eigenvalue weighted by Gasteiger charge is -2.20. The van der Waals surface area contributed by atoms with E-state index in [0.717, 1.165) is 18.8 Å². The molecule has 21 heavy (non-hydrogen) atoms. The van der Waals surface area contributed by atoms with Gasteiger partial charge in [0.2, 0.25) is 5.91 Å². The van der Waals surface area contributed by atoms with Crippen molar-refractivity contribution in [2.45, 2.75) is 57.8 Å². The van der Waals surface area contributed by atoms with E-state index in [0.29, 0.717) is 17.2 Å². The lowest BCUT2D eigenvalue weighted by atomic mass is 9.86. The number of aromatic nitrogens is 1. The second-order valence-corrected chi connectivity index (χ2v) is 6.52. The first-order valence-electron chi connectivity index (χ1n) is 7.59. The minimum absolute atomic E-state index is 0.0259. The highest BCUT2D eigenvalue weighted by molar-refractivity contribution is 7.13. The maximum atomic E-state index is 11.8. The van der Waals surface area contributed by atoms with Crippen LogP contribution in [0.15, 0.2) is 5.38 Å². The van der Waals surface area contributed by atoms with Crippen LogP contribution in [0.5, 0.6) is 0 Å². The smallest absolute Gasteiger partial charge is 0.309 e. The van der Waals surface area contributed by atoms with Crippen molar-refractivity contribution in [2.75, 3.05) is 5.32 Å². The van der Waals surface area contributed by atoms with Gasteiger partial charge in [0, 0.05) is 11.8 Å². The predicted octanol–water partition coefficient (Wildman–Crippen LogP) is 3.46. The molecular formula is C15H22N2O3S. The molecule has 0 saturated heterocycles. The summed E-state index contributed by atoms with van der Waals surface area (Å²) in [4.78, 5) is 26.5. The van der Waals surface area contributed by atoms with E-state index in [1.54, 1.807) is 5.38 Å². The summed E-state index contributed by atoms with van der Waals surface area (Å²) in [5.74, 6) is -0.138. The molecule has 0 atom stereocenters. The van der Waals surface area contributed by atoms with E-state index in [1.807, 2.05) is 0 Å². The standard InChI is InChI=1S/C15H22N2O3S/c18-13(8-4-7-11-5-2-1-3-6-11)17-15-16-12(10-21-15)9-14(19)20/h10-11H,1-9H2,(H,19,20)(H,16,17,18). The molecule has 0 unspecified atom stereocenters. The molecule has 6 heteroatoms.